The van der Waals surface area contributed by atoms with Crippen LogP contribution in [0, 0.1) is 6.92 Å². The molecular weight excluding hydrogens is 162 g/mol. The highest BCUT2D eigenvalue weighted by Gasteiger charge is 2.00. The van der Waals surface area contributed by atoms with Crippen molar-refractivity contribution in [2.24, 2.45) is 5.73 Å². The van der Waals surface area contributed by atoms with Crippen molar-refractivity contribution in [1.29, 1.82) is 0 Å². The van der Waals surface area contributed by atoms with Crippen LogP contribution in [0.2, 0.25) is 0 Å². The molecule has 0 aliphatic carbocycles. The van der Waals surface area contributed by atoms with Crippen LogP contribution in [-0.2, 0) is 6.42 Å². The number of fused-ring (bicyclic) bond motifs is 1. The number of nitrogens with one attached hydrogen (secondary N) is 1. The van der Waals surface area contributed by atoms with Crippen LogP contribution in [0.1, 0.15) is 11.3 Å². The molecule has 2 aromatic rings. The molecule has 0 spiro atoms. The Morgan fingerprint density at radius 2 is 2.31 bits per heavy atom. The van der Waals surface area contributed by atoms with Crippen molar-refractivity contribution in [3.8, 4) is 0 Å². The minimum Gasteiger partial charge on any atom is -0.343 e. The molecule has 3 heteroatoms. The van der Waals surface area contributed by atoms with E-state index in [4.69, 9.17) is 5.73 Å². The number of H-pyrrole nitrogens is 1. The SMILES string of the molecule is Cc1cnc2[nH]c(CCN)cc2c1. The lowest BCUT2D eigenvalue weighted by Crippen LogP contribution is -2.02. The Balaban J connectivity index is 2.49. The summed E-state index contributed by atoms with van der Waals surface area (Å²) < 4.78 is 0. The predicted octanol–water partition coefficient (Wildman–Crippen LogP) is 1.37. The number of nitrogens with zero attached hydrogens (tertiary/aromatic N) is 1. The summed E-state index contributed by atoms with van der Waals surface area (Å²) in [6.07, 6.45) is 2.75. The van der Waals surface area contributed by atoms with E-state index in [1.807, 2.05) is 13.1 Å². The molecule has 0 unspecified atom stereocenters. The largest absolute Gasteiger partial charge is 0.343 e. The molecule has 0 radical (unpaired) electrons. The van der Waals surface area contributed by atoms with Gasteiger partial charge in [0.15, 0.2) is 0 Å². The second-order valence-electron chi connectivity index (χ2n) is 3.28. The molecule has 0 aromatic carbocycles. The van der Waals surface area contributed by atoms with Crippen molar-refractivity contribution in [2.75, 3.05) is 6.54 Å². The van der Waals surface area contributed by atoms with Crippen molar-refractivity contribution in [3.63, 3.8) is 0 Å². The Morgan fingerprint density at radius 1 is 1.46 bits per heavy atom. The van der Waals surface area contributed by atoms with Crippen LogP contribution >= 0.6 is 0 Å². The van der Waals surface area contributed by atoms with Gasteiger partial charge < -0.3 is 10.7 Å². The van der Waals surface area contributed by atoms with E-state index in [2.05, 4.69) is 22.1 Å². The molecule has 2 rings (SSSR count). The number of aromatic amines is 1. The van der Waals surface area contributed by atoms with E-state index < -0.39 is 0 Å². The first kappa shape index (κ1) is 8.26. The van der Waals surface area contributed by atoms with E-state index in [1.165, 1.54) is 10.9 Å². The molecule has 0 aliphatic heterocycles. The van der Waals surface area contributed by atoms with E-state index in [0.717, 1.165) is 17.8 Å². The lowest BCUT2D eigenvalue weighted by molar-refractivity contribution is 0.937. The lowest BCUT2D eigenvalue weighted by atomic mass is 10.2. The van der Waals surface area contributed by atoms with E-state index in [-0.39, 0.29) is 0 Å². The molecule has 3 nitrogen and oxygen atoms in total. The van der Waals surface area contributed by atoms with Crippen molar-refractivity contribution >= 4 is 11.0 Å². The molecule has 0 atom stereocenters. The molecule has 2 aromatic heterocycles. The summed E-state index contributed by atoms with van der Waals surface area (Å²) in [5.41, 5.74) is 8.77. The second kappa shape index (κ2) is 3.18. The van der Waals surface area contributed by atoms with E-state index >= 15 is 0 Å². The highest BCUT2D eigenvalue weighted by molar-refractivity contribution is 5.76. The fourth-order valence-corrected chi connectivity index (χ4v) is 1.47. The molecule has 0 saturated heterocycles. The van der Waals surface area contributed by atoms with Gasteiger partial charge >= 0.3 is 0 Å². The minimum atomic E-state index is 0.672. The summed E-state index contributed by atoms with van der Waals surface area (Å²) in [5, 5.41) is 1.17. The molecule has 13 heavy (non-hydrogen) atoms. The van der Waals surface area contributed by atoms with Gasteiger partial charge in [-0.1, -0.05) is 0 Å². The van der Waals surface area contributed by atoms with Gasteiger partial charge in [-0.3, -0.25) is 0 Å². The van der Waals surface area contributed by atoms with Gasteiger partial charge in [-0.15, -0.1) is 0 Å². The molecule has 0 bridgehead atoms. The monoisotopic (exact) mass is 175 g/mol. The molecule has 0 fully saturated rings. The maximum absolute atomic E-state index is 5.47. The van der Waals surface area contributed by atoms with Crippen molar-refractivity contribution in [1.82, 2.24) is 9.97 Å². The van der Waals surface area contributed by atoms with Crippen LogP contribution in [0.15, 0.2) is 18.3 Å². The molecule has 0 saturated carbocycles. The fraction of sp³-hybridized carbons (Fsp3) is 0.300. The Morgan fingerprint density at radius 3 is 3.08 bits per heavy atom. The zero-order valence-electron chi connectivity index (χ0n) is 7.67. The Kier molecular flexibility index (Phi) is 2.02. The number of rotatable bonds is 2. The Bertz CT molecular complexity index is 417. The van der Waals surface area contributed by atoms with Gasteiger partial charge in [0.2, 0.25) is 0 Å². The van der Waals surface area contributed by atoms with Gasteiger partial charge in [0.25, 0.3) is 0 Å². The average Bonchev–Trinajstić information content (AvgIpc) is 2.46. The summed E-state index contributed by atoms with van der Waals surface area (Å²) in [4.78, 5) is 7.52. The van der Waals surface area contributed by atoms with Gasteiger partial charge in [0, 0.05) is 17.3 Å². The quantitative estimate of drug-likeness (QED) is 0.724. The normalized spacial score (nSPS) is 10.9. The first-order valence-electron chi connectivity index (χ1n) is 4.44. The maximum Gasteiger partial charge on any atom is 0.137 e. The third kappa shape index (κ3) is 1.55. The second-order valence-corrected chi connectivity index (χ2v) is 3.28. The summed E-state index contributed by atoms with van der Waals surface area (Å²) >= 11 is 0. The Hall–Kier alpha value is -1.35. The van der Waals surface area contributed by atoms with Crippen LogP contribution in [0.4, 0.5) is 0 Å². The zero-order chi connectivity index (χ0) is 9.26. The van der Waals surface area contributed by atoms with Crippen molar-refractivity contribution in [3.05, 3.63) is 29.6 Å². The topological polar surface area (TPSA) is 54.7 Å². The van der Waals surface area contributed by atoms with Crippen LogP contribution in [0.3, 0.4) is 0 Å². The highest BCUT2D eigenvalue weighted by Crippen LogP contribution is 2.14. The standard InChI is InChI=1S/C10H13N3/c1-7-4-8-5-9(2-3-11)13-10(8)12-6-7/h4-6H,2-3,11H2,1H3,(H,12,13). The van der Waals surface area contributed by atoms with Crippen molar-refractivity contribution < 1.29 is 0 Å². The number of hydrogen-bond acceptors (Lipinski definition) is 2. The molecule has 0 amide bonds. The van der Waals surface area contributed by atoms with Crippen LogP contribution in [0.25, 0.3) is 11.0 Å². The van der Waals surface area contributed by atoms with Gasteiger partial charge in [-0.25, -0.2) is 4.98 Å². The minimum absolute atomic E-state index is 0.672. The number of pyridine rings is 1. The fourth-order valence-electron chi connectivity index (χ4n) is 1.47. The third-order valence-corrected chi connectivity index (χ3v) is 2.08. The Labute approximate surface area is 77.0 Å². The number of aromatic nitrogens is 2. The van der Waals surface area contributed by atoms with E-state index in [0.29, 0.717) is 6.54 Å². The van der Waals surface area contributed by atoms with Crippen molar-refractivity contribution in [2.45, 2.75) is 13.3 Å². The molecule has 3 N–H and O–H groups in total. The summed E-state index contributed by atoms with van der Waals surface area (Å²) in [6, 6.07) is 4.24. The number of hydrogen-bond donors (Lipinski definition) is 2. The van der Waals surface area contributed by atoms with E-state index in [9.17, 15) is 0 Å². The molecule has 0 aliphatic rings. The van der Waals surface area contributed by atoms with Gasteiger partial charge in [0.1, 0.15) is 5.65 Å². The lowest BCUT2D eigenvalue weighted by Gasteiger charge is -1.90. The van der Waals surface area contributed by atoms with Gasteiger partial charge in [-0.2, -0.15) is 0 Å². The predicted molar refractivity (Wildman–Crippen MR) is 53.6 cm³/mol. The first-order valence-corrected chi connectivity index (χ1v) is 4.44. The first-order chi connectivity index (χ1) is 6.29. The zero-order valence-corrected chi connectivity index (χ0v) is 7.67. The number of nitrogens with two attached hydrogens (primary N) is 1. The summed E-state index contributed by atoms with van der Waals surface area (Å²) in [6.45, 7) is 2.72. The van der Waals surface area contributed by atoms with Crippen LogP contribution < -0.4 is 5.73 Å². The van der Waals surface area contributed by atoms with Crippen LogP contribution in [0.5, 0.6) is 0 Å². The van der Waals surface area contributed by atoms with E-state index in [1.54, 1.807) is 0 Å². The average molecular weight is 175 g/mol. The van der Waals surface area contributed by atoms with Gasteiger partial charge in [-0.05, 0) is 37.6 Å². The molecule has 68 valence electrons. The third-order valence-electron chi connectivity index (χ3n) is 2.08. The maximum atomic E-state index is 5.47. The smallest absolute Gasteiger partial charge is 0.137 e. The summed E-state index contributed by atoms with van der Waals surface area (Å²) in [7, 11) is 0. The van der Waals surface area contributed by atoms with Gasteiger partial charge in [0.05, 0.1) is 0 Å². The van der Waals surface area contributed by atoms with Crippen LogP contribution in [-0.4, -0.2) is 16.5 Å². The highest BCUT2D eigenvalue weighted by atomic mass is 14.9. The number of aryl methyl sites for hydroxylation is 1. The summed E-state index contributed by atoms with van der Waals surface area (Å²) in [5.74, 6) is 0. The molecular formula is C10H13N3. The molecule has 2 heterocycles.